The Morgan fingerprint density at radius 1 is 0.472 bits per heavy atom. The van der Waals surface area contributed by atoms with Gasteiger partial charge in [0.25, 0.3) is 0 Å². The average Bonchev–Trinajstić information content (AvgIpc) is 2.93. The minimum Gasteiger partial charge on any atom is -0.698 e. The number of hydrogen-bond acceptors (Lipinski definition) is 1. The van der Waals surface area contributed by atoms with E-state index in [4.69, 9.17) is 5.73 Å². The zero-order valence-electron chi connectivity index (χ0n) is 19.6. The standard InChI is InChI=1S/C32H23NOP.Ac/c33-29-21-19-23-11-7-9-17-27(23)31(29)32-28-18-10-8-12-24(28)20-22-30(32)35(34,25-13-3-1-4-14-25)26-15-5-2-6-16-26;/h1-22,33H;/q-1;. The van der Waals surface area contributed by atoms with Crippen LogP contribution in [0.15, 0.2) is 133 Å². The fourth-order valence-electron chi connectivity index (χ4n) is 5.03. The molecule has 0 heterocycles. The van der Waals surface area contributed by atoms with Gasteiger partial charge in [0, 0.05) is 65.5 Å². The van der Waals surface area contributed by atoms with Gasteiger partial charge in [-0.25, -0.2) is 0 Å². The molecule has 1 N–H and O–H groups in total. The third-order valence-corrected chi connectivity index (χ3v) is 9.77. The molecule has 1 radical (unpaired) electrons. The largest absolute Gasteiger partial charge is 0.698 e. The molecule has 171 valence electrons. The molecule has 0 saturated heterocycles. The zero-order valence-corrected chi connectivity index (χ0v) is 25.3. The first kappa shape index (κ1) is 25.0. The van der Waals surface area contributed by atoms with Crippen LogP contribution in [0, 0.1) is 44.1 Å². The maximum atomic E-state index is 15.4. The number of nitrogens with one attached hydrogen (secondary N) is 1. The average molecular weight is 696 g/mol. The molecule has 0 aliphatic rings. The van der Waals surface area contributed by atoms with Crippen molar-refractivity contribution in [1.82, 2.24) is 0 Å². The van der Waals surface area contributed by atoms with Crippen molar-refractivity contribution in [2.75, 3.05) is 0 Å². The van der Waals surface area contributed by atoms with E-state index >= 15 is 4.57 Å². The number of fused-ring (bicyclic) bond motifs is 2. The van der Waals surface area contributed by atoms with E-state index in [9.17, 15) is 0 Å². The minimum atomic E-state index is -3.27. The SMILES string of the molecule is [Ac].[NH-]c1ccc2ccccc2c1-c1c(P(=O)(c2ccccc2)c2ccccc2)ccc2ccccc12. The maximum absolute atomic E-state index is 15.4. The van der Waals surface area contributed by atoms with E-state index in [0.717, 1.165) is 48.6 Å². The molecule has 0 amide bonds. The Bertz CT molecular complexity index is 1690. The quantitative estimate of drug-likeness (QED) is 0.173. The third-order valence-electron chi connectivity index (χ3n) is 6.66. The van der Waals surface area contributed by atoms with Gasteiger partial charge in [-0.15, -0.1) is 5.69 Å². The predicted octanol–water partition coefficient (Wildman–Crippen LogP) is 7.98. The van der Waals surface area contributed by atoms with E-state index in [1.54, 1.807) is 0 Å². The zero-order chi connectivity index (χ0) is 23.8. The molecule has 0 unspecified atom stereocenters. The van der Waals surface area contributed by atoms with Gasteiger partial charge in [0.15, 0.2) is 7.14 Å². The normalized spacial score (nSPS) is 11.3. The Balaban J connectivity index is 0.00000267. The fraction of sp³-hybridized carbons (Fsp3) is 0. The third kappa shape index (κ3) is 4.14. The summed E-state index contributed by atoms with van der Waals surface area (Å²) >= 11 is 0. The molecule has 6 aromatic rings. The van der Waals surface area contributed by atoms with Crippen LogP contribution >= 0.6 is 7.14 Å². The van der Waals surface area contributed by atoms with Gasteiger partial charge in [-0.1, -0.05) is 127 Å². The van der Waals surface area contributed by atoms with Crippen LogP contribution < -0.4 is 15.9 Å². The summed E-state index contributed by atoms with van der Waals surface area (Å²) in [4.78, 5) is 0. The molecule has 4 heteroatoms. The molecule has 6 aromatic carbocycles. The van der Waals surface area contributed by atoms with E-state index < -0.39 is 7.14 Å². The maximum Gasteiger partial charge on any atom is 0.171 e. The van der Waals surface area contributed by atoms with Crippen LogP contribution in [0.25, 0.3) is 38.4 Å². The first-order valence-electron chi connectivity index (χ1n) is 11.7. The van der Waals surface area contributed by atoms with Crippen molar-refractivity contribution in [3.05, 3.63) is 139 Å². The number of hydrogen-bond donors (Lipinski definition) is 0. The Morgan fingerprint density at radius 3 is 1.47 bits per heavy atom. The van der Waals surface area contributed by atoms with E-state index in [1.807, 2.05) is 103 Å². The van der Waals surface area contributed by atoms with Crippen molar-refractivity contribution in [3.8, 4) is 11.1 Å². The van der Waals surface area contributed by atoms with Gasteiger partial charge in [-0.3, -0.25) is 0 Å². The van der Waals surface area contributed by atoms with Crippen molar-refractivity contribution in [3.63, 3.8) is 0 Å². The molecule has 0 aliphatic heterocycles. The second kappa shape index (κ2) is 10.4. The molecule has 0 aliphatic carbocycles. The predicted molar refractivity (Wildman–Crippen MR) is 150 cm³/mol. The molecular formula is C32H23AcNOP-. The van der Waals surface area contributed by atoms with Crippen LogP contribution in [0.3, 0.4) is 0 Å². The molecule has 0 aromatic heterocycles. The van der Waals surface area contributed by atoms with E-state index in [1.165, 1.54) is 0 Å². The van der Waals surface area contributed by atoms with Crippen molar-refractivity contribution >= 4 is 50.3 Å². The Kier molecular flexibility index (Phi) is 7.19. The smallest absolute Gasteiger partial charge is 0.171 e. The summed E-state index contributed by atoms with van der Waals surface area (Å²) < 4.78 is 15.4. The van der Waals surface area contributed by atoms with Gasteiger partial charge in [0.05, 0.1) is 0 Å². The van der Waals surface area contributed by atoms with Crippen LogP contribution in [0.1, 0.15) is 0 Å². The van der Waals surface area contributed by atoms with Crippen LogP contribution in [-0.4, -0.2) is 0 Å². The van der Waals surface area contributed by atoms with Crippen molar-refractivity contribution in [2.24, 2.45) is 0 Å². The summed E-state index contributed by atoms with van der Waals surface area (Å²) in [5, 5.41) is 6.45. The monoisotopic (exact) mass is 695 g/mol. The van der Waals surface area contributed by atoms with E-state index in [-0.39, 0.29) is 44.1 Å². The Hall–Kier alpha value is -2.69. The molecule has 2 nitrogen and oxygen atoms in total. The summed E-state index contributed by atoms with van der Waals surface area (Å²) in [5.41, 5.74) is 11.1. The van der Waals surface area contributed by atoms with Crippen molar-refractivity contribution in [2.45, 2.75) is 0 Å². The van der Waals surface area contributed by atoms with Gasteiger partial charge < -0.3 is 10.3 Å². The van der Waals surface area contributed by atoms with Crippen LogP contribution in [-0.2, 0) is 4.57 Å². The fourth-order valence-corrected chi connectivity index (χ4v) is 7.90. The van der Waals surface area contributed by atoms with Gasteiger partial charge in [-0.05, 0) is 33.2 Å². The summed E-state index contributed by atoms with van der Waals surface area (Å²) in [7, 11) is -3.27. The summed E-state index contributed by atoms with van der Waals surface area (Å²) in [6.45, 7) is 0. The second-order valence-corrected chi connectivity index (χ2v) is 11.4. The molecule has 0 bridgehead atoms. The first-order chi connectivity index (χ1) is 17.2. The van der Waals surface area contributed by atoms with Crippen molar-refractivity contribution < 1.29 is 48.6 Å². The molecule has 0 fully saturated rings. The molecule has 6 rings (SSSR count). The van der Waals surface area contributed by atoms with E-state index in [2.05, 4.69) is 30.3 Å². The molecule has 36 heavy (non-hydrogen) atoms. The summed E-state index contributed by atoms with van der Waals surface area (Å²) in [5.74, 6) is 0. The topological polar surface area (TPSA) is 40.9 Å². The molecular weight excluding hydrogens is 672 g/mol. The molecule has 0 atom stereocenters. The van der Waals surface area contributed by atoms with Crippen LogP contribution in [0.5, 0.6) is 0 Å². The second-order valence-electron chi connectivity index (χ2n) is 8.67. The van der Waals surface area contributed by atoms with Crippen LogP contribution in [0.2, 0.25) is 0 Å². The first-order valence-corrected chi connectivity index (χ1v) is 13.4. The van der Waals surface area contributed by atoms with Crippen LogP contribution in [0.4, 0.5) is 5.69 Å². The molecule has 0 saturated carbocycles. The summed E-state index contributed by atoms with van der Waals surface area (Å²) in [6.07, 6.45) is 0. The minimum absolute atomic E-state index is 0. The van der Waals surface area contributed by atoms with Gasteiger partial charge >= 0.3 is 0 Å². The Labute approximate surface area is 247 Å². The summed E-state index contributed by atoms with van der Waals surface area (Å²) in [6, 6.07) is 43.7. The number of benzene rings is 6. The van der Waals surface area contributed by atoms with Gasteiger partial charge in [0.2, 0.25) is 0 Å². The number of rotatable bonds is 4. The molecule has 0 spiro atoms. The van der Waals surface area contributed by atoms with Gasteiger partial charge in [-0.2, -0.15) is 0 Å². The van der Waals surface area contributed by atoms with Crippen molar-refractivity contribution in [1.29, 1.82) is 0 Å². The van der Waals surface area contributed by atoms with Gasteiger partial charge in [0.1, 0.15) is 0 Å². The Morgan fingerprint density at radius 2 is 0.917 bits per heavy atom. The van der Waals surface area contributed by atoms with E-state index in [0.29, 0.717) is 5.69 Å².